The highest BCUT2D eigenvalue weighted by Gasteiger charge is 2.17. The van der Waals surface area contributed by atoms with Crippen LogP contribution in [0.3, 0.4) is 0 Å². The highest BCUT2D eigenvalue weighted by atomic mass is 31.2. The van der Waals surface area contributed by atoms with Crippen LogP contribution in [0.25, 0.3) is 0 Å². The molecule has 4 nitrogen and oxygen atoms in total. The van der Waals surface area contributed by atoms with E-state index < -0.39 is 7.34 Å². The van der Waals surface area contributed by atoms with Gasteiger partial charge in [-0.2, -0.15) is 0 Å². The average molecular weight is 180 g/mol. The van der Waals surface area contributed by atoms with Crippen LogP contribution in [0.5, 0.6) is 0 Å². The summed E-state index contributed by atoms with van der Waals surface area (Å²) in [6, 6.07) is 0. The van der Waals surface area contributed by atoms with Crippen molar-refractivity contribution in [3.63, 3.8) is 0 Å². The second-order valence-electron chi connectivity index (χ2n) is 1.91. The summed E-state index contributed by atoms with van der Waals surface area (Å²) in [5, 5.41) is 0. The predicted molar refractivity (Wildman–Crippen MR) is 44.9 cm³/mol. The fourth-order valence-corrected chi connectivity index (χ4v) is 1.39. The van der Waals surface area contributed by atoms with Gasteiger partial charge in [0.2, 0.25) is 0 Å². The third-order valence-electron chi connectivity index (χ3n) is 1.26. The Morgan fingerprint density at radius 3 is 2.09 bits per heavy atom. The summed E-state index contributed by atoms with van der Waals surface area (Å²) >= 11 is 0. The van der Waals surface area contributed by atoms with Gasteiger partial charge in [0.05, 0.1) is 7.11 Å². The van der Waals surface area contributed by atoms with Crippen LogP contribution in [0.15, 0.2) is 0 Å². The second kappa shape index (κ2) is 4.54. The largest absolute Gasteiger partial charge is 0.469 e. The summed E-state index contributed by atoms with van der Waals surface area (Å²) in [5.74, 6) is -0.364. The maximum absolute atomic E-state index is 10.8. The molecule has 0 aliphatic carbocycles. The summed E-state index contributed by atoms with van der Waals surface area (Å²) in [4.78, 5) is 10.8. The summed E-state index contributed by atoms with van der Waals surface area (Å²) in [6.07, 6.45) is 3.75. The first-order chi connectivity index (χ1) is 5.08. The van der Waals surface area contributed by atoms with Gasteiger partial charge in [0.1, 0.15) is 13.5 Å². The fraction of sp³-hybridized carbons (Fsp3) is 0.667. The molecule has 0 aromatic carbocycles. The molecule has 0 spiro atoms. The molecule has 5 heteroatoms. The zero-order chi connectivity index (χ0) is 8.91. The normalized spacial score (nSPS) is 11.2. The van der Waals surface area contributed by atoms with Crippen LogP contribution in [0.1, 0.15) is 0 Å². The van der Waals surface area contributed by atoms with E-state index >= 15 is 0 Å². The number of rotatable bonds is 4. The third-order valence-corrected chi connectivity index (χ3v) is 3.33. The molecule has 0 saturated heterocycles. The van der Waals surface area contributed by atoms with Gasteiger partial charge in [-0.15, -0.1) is 0 Å². The molecular formula is C6H13O4P. The monoisotopic (exact) mass is 180 g/mol. The van der Waals surface area contributed by atoms with E-state index in [0.717, 1.165) is 0 Å². The Morgan fingerprint density at radius 2 is 1.82 bits per heavy atom. The van der Waals surface area contributed by atoms with Gasteiger partial charge in [0.15, 0.2) is 0 Å². The molecule has 0 aliphatic heterocycles. The zero-order valence-corrected chi connectivity index (χ0v) is 7.89. The Balaban J connectivity index is 4.09. The van der Waals surface area contributed by atoms with Crippen molar-refractivity contribution in [1.29, 1.82) is 0 Å². The summed E-state index contributed by atoms with van der Waals surface area (Å²) < 4.78 is 14.3. The highest BCUT2D eigenvalue weighted by molar-refractivity contribution is 7.65. The van der Waals surface area contributed by atoms with Crippen molar-refractivity contribution < 1.29 is 18.6 Å². The van der Waals surface area contributed by atoms with Crippen LogP contribution in [-0.2, 0) is 18.6 Å². The van der Waals surface area contributed by atoms with Crippen molar-refractivity contribution in [3.8, 4) is 0 Å². The van der Waals surface area contributed by atoms with Crippen molar-refractivity contribution in [2.75, 3.05) is 27.5 Å². The van der Waals surface area contributed by atoms with Crippen LogP contribution < -0.4 is 0 Å². The topological polar surface area (TPSA) is 44.8 Å². The third kappa shape index (κ3) is 3.56. The minimum atomic E-state index is -2.23. The van der Waals surface area contributed by atoms with E-state index in [4.69, 9.17) is 9.05 Å². The lowest BCUT2D eigenvalue weighted by atomic mass is 10.8. The highest BCUT2D eigenvalue weighted by Crippen LogP contribution is 2.45. The van der Waals surface area contributed by atoms with Crippen LogP contribution in [0, 0.1) is 0 Å². The van der Waals surface area contributed by atoms with E-state index in [0.29, 0.717) is 0 Å². The Hall–Kier alpha value is -0.310. The Morgan fingerprint density at radius 1 is 1.36 bits per heavy atom. The Kier molecular flexibility index (Phi) is 4.42. The Labute approximate surface area is 66.6 Å². The molecule has 0 aliphatic rings. The first kappa shape index (κ1) is 10.7. The lowest BCUT2D eigenvalue weighted by Crippen LogP contribution is -2.09. The van der Waals surface area contributed by atoms with Gasteiger partial charge in [-0.05, 0) is 0 Å². The lowest BCUT2D eigenvalue weighted by Gasteiger charge is -2.18. The Bertz CT molecular complexity index is 169. The van der Waals surface area contributed by atoms with Gasteiger partial charge >= 0.3 is 5.97 Å². The molecule has 0 amide bonds. The number of methoxy groups -OCH3 is 1. The minimum Gasteiger partial charge on any atom is -0.469 e. The van der Waals surface area contributed by atoms with E-state index in [1.165, 1.54) is 21.3 Å². The van der Waals surface area contributed by atoms with Crippen molar-refractivity contribution in [3.05, 3.63) is 0 Å². The minimum absolute atomic E-state index is 0.0938. The molecule has 11 heavy (non-hydrogen) atoms. The second-order valence-corrected chi connectivity index (χ2v) is 4.59. The standard InChI is InChI=1S/C6H13O4P/c1-8-6(7)5-11(4,9-2)10-3/h4-5H2,1-3H3. The number of esters is 1. The van der Waals surface area contributed by atoms with Crippen molar-refractivity contribution in [2.45, 2.75) is 0 Å². The molecular weight excluding hydrogens is 167 g/mol. The van der Waals surface area contributed by atoms with Gasteiger partial charge in [0.25, 0.3) is 0 Å². The molecule has 0 aromatic rings. The molecule has 0 saturated carbocycles. The quantitative estimate of drug-likeness (QED) is 0.472. The van der Waals surface area contributed by atoms with E-state index in [-0.39, 0.29) is 12.1 Å². The molecule has 0 heterocycles. The van der Waals surface area contributed by atoms with Crippen LogP contribution >= 0.6 is 7.34 Å². The van der Waals surface area contributed by atoms with Crippen LogP contribution in [-0.4, -0.2) is 39.8 Å². The fourth-order valence-electron chi connectivity index (χ4n) is 0.465. The molecule has 0 bridgehead atoms. The molecule has 66 valence electrons. The summed E-state index contributed by atoms with van der Waals surface area (Å²) in [7, 11) is 2.02. The van der Waals surface area contributed by atoms with Crippen LogP contribution in [0.4, 0.5) is 0 Å². The molecule has 0 rings (SSSR count). The van der Waals surface area contributed by atoms with Gasteiger partial charge in [-0.1, -0.05) is 6.30 Å². The van der Waals surface area contributed by atoms with Crippen molar-refractivity contribution in [2.24, 2.45) is 0 Å². The molecule has 0 fully saturated rings. The van der Waals surface area contributed by atoms with Crippen LogP contribution in [0.2, 0.25) is 0 Å². The number of carbonyl (C=O) groups excluding carboxylic acids is 1. The first-order valence-corrected chi connectivity index (χ1v) is 4.98. The van der Waals surface area contributed by atoms with Gasteiger partial charge in [-0.3, -0.25) is 4.79 Å². The molecule has 0 aromatic heterocycles. The number of hydrogen-bond acceptors (Lipinski definition) is 4. The maximum Gasteiger partial charge on any atom is 0.314 e. The summed E-state index contributed by atoms with van der Waals surface area (Å²) in [5.41, 5.74) is 0. The first-order valence-electron chi connectivity index (χ1n) is 2.98. The van der Waals surface area contributed by atoms with Crippen molar-refractivity contribution in [1.82, 2.24) is 0 Å². The molecule has 0 unspecified atom stereocenters. The predicted octanol–water partition coefficient (Wildman–Crippen LogP) is 0.732. The molecule has 0 atom stereocenters. The van der Waals surface area contributed by atoms with E-state index in [1.54, 1.807) is 0 Å². The van der Waals surface area contributed by atoms with Crippen molar-refractivity contribution >= 4 is 19.6 Å². The number of hydrogen-bond donors (Lipinski definition) is 0. The SMILES string of the molecule is C=P(CC(=O)OC)(OC)OC. The van der Waals surface area contributed by atoms with Gasteiger partial charge in [-0.25, -0.2) is 0 Å². The summed E-state index contributed by atoms with van der Waals surface area (Å²) in [6.45, 7) is 0. The molecule has 0 N–H and O–H groups in total. The van der Waals surface area contributed by atoms with E-state index in [9.17, 15) is 4.79 Å². The average Bonchev–Trinajstić information content (AvgIpc) is 2.04. The number of carbonyl (C=O) groups is 1. The smallest absolute Gasteiger partial charge is 0.314 e. The van der Waals surface area contributed by atoms with E-state index in [1.807, 2.05) is 0 Å². The number of ether oxygens (including phenoxy) is 1. The zero-order valence-electron chi connectivity index (χ0n) is 6.99. The van der Waals surface area contributed by atoms with E-state index in [2.05, 4.69) is 11.0 Å². The lowest BCUT2D eigenvalue weighted by molar-refractivity contribution is -0.137. The maximum atomic E-state index is 10.8. The van der Waals surface area contributed by atoms with Gasteiger partial charge < -0.3 is 13.8 Å². The molecule has 0 radical (unpaired) electrons. The van der Waals surface area contributed by atoms with Gasteiger partial charge in [0, 0.05) is 14.2 Å².